The van der Waals surface area contributed by atoms with E-state index in [1.807, 2.05) is 6.92 Å². The average molecular weight is 181 g/mol. The van der Waals surface area contributed by atoms with Gasteiger partial charge in [-0.1, -0.05) is 25.5 Å². The van der Waals surface area contributed by atoms with Gasteiger partial charge >= 0.3 is 0 Å². The van der Waals surface area contributed by atoms with Gasteiger partial charge in [0.1, 0.15) is 6.29 Å². The van der Waals surface area contributed by atoms with E-state index in [1.54, 1.807) is 0 Å². The molecular weight excluding hydrogens is 162 g/mol. The van der Waals surface area contributed by atoms with Crippen molar-refractivity contribution in [3.05, 3.63) is 11.6 Å². The molecule has 1 unspecified atom stereocenters. The van der Waals surface area contributed by atoms with Gasteiger partial charge in [-0.25, -0.2) is 0 Å². The standard InChI is InChI=1S/C11H19NO/c1-9-6-10(2,3)4-5-11(9,7-12)8-13/h6,8H,4-5,7,12H2,1-3H3. The number of hydrogen-bond acceptors (Lipinski definition) is 2. The van der Waals surface area contributed by atoms with Crippen molar-refractivity contribution >= 4 is 6.29 Å². The molecular formula is C11H19NO. The summed E-state index contributed by atoms with van der Waals surface area (Å²) in [4.78, 5) is 11.0. The zero-order valence-electron chi connectivity index (χ0n) is 8.76. The summed E-state index contributed by atoms with van der Waals surface area (Å²) in [6.07, 6.45) is 5.15. The highest BCUT2D eigenvalue weighted by Crippen LogP contribution is 2.42. The molecule has 1 aliphatic carbocycles. The van der Waals surface area contributed by atoms with E-state index in [-0.39, 0.29) is 10.8 Å². The molecule has 0 aromatic rings. The Morgan fingerprint density at radius 2 is 2.15 bits per heavy atom. The molecule has 0 aliphatic heterocycles. The minimum absolute atomic E-state index is 0.228. The number of carbonyl (C=O) groups excluding carboxylic acids is 1. The van der Waals surface area contributed by atoms with Gasteiger partial charge < -0.3 is 10.5 Å². The Bertz CT molecular complexity index is 242. The van der Waals surface area contributed by atoms with E-state index < -0.39 is 0 Å². The zero-order valence-corrected chi connectivity index (χ0v) is 8.76. The van der Waals surface area contributed by atoms with Crippen LogP contribution in [0, 0.1) is 10.8 Å². The Morgan fingerprint density at radius 1 is 1.54 bits per heavy atom. The van der Waals surface area contributed by atoms with Crippen molar-refractivity contribution in [3.8, 4) is 0 Å². The highest BCUT2D eigenvalue weighted by atomic mass is 16.1. The predicted molar refractivity (Wildman–Crippen MR) is 54.3 cm³/mol. The number of aldehydes is 1. The van der Waals surface area contributed by atoms with Gasteiger partial charge in [0.05, 0.1) is 5.41 Å². The quantitative estimate of drug-likeness (QED) is 0.522. The fourth-order valence-corrected chi connectivity index (χ4v) is 2.01. The molecule has 0 saturated carbocycles. The SMILES string of the molecule is CC1=CC(C)(C)CCC1(C=O)CN. The lowest BCUT2D eigenvalue weighted by molar-refractivity contribution is -0.114. The van der Waals surface area contributed by atoms with Crippen molar-refractivity contribution in [3.63, 3.8) is 0 Å². The van der Waals surface area contributed by atoms with E-state index in [1.165, 1.54) is 0 Å². The minimum Gasteiger partial charge on any atom is -0.329 e. The summed E-state index contributed by atoms with van der Waals surface area (Å²) in [6, 6.07) is 0. The second kappa shape index (κ2) is 3.26. The molecule has 0 amide bonds. The van der Waals surface area contributed by atoms with Crippen LogP contribution in [-0.4, -0.2) is 12.8 Å². The summed E-state index contributed by atoms with van der Waals surface area (Å²) in [5.41, 5.74) is 6.66. The Hall–Kier alpha value is -0.630. The Labute approximate surface area is 80.2 Å². The van der Waals surface area contributed by atoms with E-state index in [2.05, 4.69) is 19.9 Å². The van der Waals surface area contributed by atoms with Crippen molar-refractivity contribution in [2.45, 2.75) is 33.6 Å². The molecule has 1 aliphatic rings. The van der Waals surface area contributed by atoms with Crippen molar-refractivity contribution in [2.24, 2.45) is 16.6 Å². The number of allylic oxidation sites excluding steroid dienone is 1. The molecule has 13 heavy (non-hydrogen) atoms. The molecule has 0 aromatic heterocycles. The molecule has 2 heteroatoms. The van der Waals surface area contributed by atoms with E-state index >= 15 is 0 Å². The van der Waals surface area contributed by atoms with Crippen LogP contribution in [-0.2, 0) is 4.79 Å². The van der Waals surface area contributed by atoms with E-state index in [0.29, 0.717) is 6.54 Å². The fraction of sp³-hybridized carbons (Fsp3) is 0.727. The van der Waals surface area contributed by atoms with Crippen LogP contribution in [0.25, 0.3) is 0 Å². The first-order valence-corrected chi connectivity index (χ1v) is 4.82. The van der Waals surface area contributed by atoms with Gasteiger partial charge in [0.25, 0.3) is 0 Å². The summed E-state index contributed by atoms with van der Waals surface area (Å²) in [5, 5.41) is 0. The summed E-state index contributed by atoms with van der Waals surface area (Å²) in [6.45, 7) is 6.85. The maximum absolute atomic E-state index is 11.0. The third kappa shape index (κ3) is 1.83. The molecule has 1 rings (SSSR count). The van der Waals surface area contributed by atoms with Crippen LogP contribution in [0.4, 0.5) is 0 Å². The Kier molecular flexibility index (Phi) is 2.62. The number of rotatable bonds is 2. The fourth-order valence-electron chi connectivity index (χ4n) is 2.01. The van der Waals surface area contributed by atoms with Gasteiger partial charge in [0.15, 0.2) is 0 Å². The largest absolute Gasteiger partial charge is 0.329 e. The zero-order chi connectivity index (χ0) is 10.1. The van der Waals surface area contributed by atoms with Gasteiger partial charge in [0, 0.05) is 6.54 Å². The number of nitrogens with two attached hydrogens (primary N) is 1. The van der Waals surface area contributed by atoms with Gasteiger partial charge in [-0.15, -0.1) is 0 Å². The summed E-state index contributed by atoms with van der Waals surface area (Å²) < 4.78 is 0. The minimum atomic E-state index is -0.366. The lowest BCUT2D eigenvalue weighted by Gasteiger charge is -2.38. The Morgan fingerprint density at radius 3 is 2.54 bits per heavy atom. The normalized spacial score (nSPS) is 32.5. The van der Waals surface area contributed by atoms with Gasteiger partial charge in [-0.3, -0.25) is 0 Å². The molecule has 0 radical (unpaired) electrons. The topological polar surface area (TPSA) is 43.1 Å². The average Bonchev–Trinajstić information content (AvgIpc) is 2.05. The smallest absolute Gasteiger partial charge is 0.131 e. The van der Waals surface area contributed by atoms with E-state index in [9.17, 15) is 4.79 Å². The lowest BCUT2D eigenvalue weighted by Crippen LogP contribution is -2.38. The molecule has 0 heterocycles. The van der Waals surface area contributed by atoms with E-state index in [4.69, 9.17) is 5.73 Å². The Balaban J connectivity index is 3.01. The third-order valence-electron chi connectivity index (χ3n) is 3.20. The van der Waals surface area contributed by atoms with Crippen molar-refractivity contribution in [1.29, 1.82) is 0 Å². The first kappa shape index (κ1) is 10.5. The first-order chi connectivity index (χ1) is 5.96. The van der Waals surface area contributed by atoms with Crippen molar-refractivity contribution in [2.75, 3.05) is 6.54 Å². The molecule has 2 nitrogen and oxygen atoms in total. The highest BCUT2D eigenvalue weighted by molar-refractivity contribution is 5.66. The third-order valence-corrected chi connectivity index (χ3v) is 3.20. The lowest BCUT2D eigenvalue weighted by atomic mass is 9.67. The highest BCUT2D eigenvalue weighted by Gasteiger charge is 2.36. The van der Waals surface area contributed by atoms with Crippen LogP contribution in [0.5, 0.6) is 0 Å². The molecule has 0 aromatic carbocycles. The van der Waals surface area contributed by atoms with Crippen LogP contribution in [0.3, 0.4) is 0 Å². The van der Waals surface area contributed by atoms with Crippen molar-refractivity contribution < 1.29 is 4.79 Å². The molecule has 74 valence electrons. The van der Waals surface area contributed by atoms with Crippen LogP contribution >= 0.6 is 0 Å². The first-order valence-electron chi connectivity index (χ1n) is 4.82. The summed E-state index contributed by atoms with van der Waals surface area (Å²) in [7, 11) is 0. The monoisotopic (exact) mass is 181 g/mol. The second-order valence-corrected chi connectivity index (χ2v) is 4.79. The van der Waals surface area contributed by atoms with Crippen LogP contribution in [0.1, 0.15) is 33.6 Å². The van der Waals surface area contributed by atoms with Gasteiger partial charge in [0.2, 0.25) is 0 Å². The maximum atomic E-state index is 11.0. The second-order valence-electron chi connectivity index (χ2n) is 4.79. The van der Waals surface area contributed by atoms with Crippen LogP contribution in [0.2, 0.25) is 0 Å². The van der Waals surface area contributed by atoms with Crippen LogP contribution in [0.15, 0.2) is 11.6 Å². The molecule has 1 atom stereocenters. The molecule has 0 fully saturated rings. The summed E-state index contributed by atoms with van der Waals surface area (Å²) in [5.74, 6) is 0. The molecule has 2 N–H and O–H groups in total. The van der Waals surface area contributed by atoms with Gasteiger partial charge in [-0.2, -0.15) is 0 Å². The van der Waals surface area contributed by atoms with Crippen molar-refractivity contribution in [1.82, 2.24) is 0 Å². The molecule has 0 saturated heterocycles. The molecule has 0 spiro atoms. The number of carbonyl (C=O) groups is 1. The van der Waals surface area contributed by atoms with Gasteiger partial charge in [-0.05, 0) is 25.2 Å². The maximum Gasteiger partial charge on any atom is 0.131 e. The van der Waals surface area contributed by atoms with Crippen LogP contribution < -0.4 is 5.73 Å². The van der Waals surface area contributed by atoms with E-state index in [0.717, 1.165) is 24.7 Å². The number of hydrogen-bond donors (Lipinski definition) is 1. The predicted octanol–water partition coefficient (Wildman–Crippen LogP) is 1.90. The summed E-state index contributed by atoms with van der Waals surface area (Å²) >= 11 is 0. The molecule has 0 bridgehead atoms.